The summed E-state index contributed by atoms with van der Waals surface area (Å²) in [5.74, 6) is -0.0549. The molecule has 2 saturated heterocycles. The van der Waals surface area contributed by atoms with Crippen LogP contribution in [0.25, 0.3) is 0 Å². The number of rotatable bonds is 2. The molecule has 23 heavy (non-hydrogen) atoms. The minimum atomic E-state index is -0.440. The lowest BCUT2D eigenvalue weighted by molar-refractivity contribution is -0.156. The van der Waals surface area contributed by atoms with Gasteiger partial charge in [0.2, 0.25) is 17.7 Å². The molecule has 0 radical (unpaired) electrons. The SMILES string of the molecule is CC(=O)N1CCC2C(=O)N(Cc3ccccc3)CC(=O)N2CC1. The van der Waals surface area contributed by atoms with Gasteiger partial charge in [-0.1, -0.05) is 30.3 Å². The summed E-state index contributed by atoms with van der Waals surface area (Å²) in [6.07, 6.45) is 0.509. The highest BCUT2D eigenvalue weighted by Gasteiger charge is 2.40. The van der Waals surface area contributed by atoms with E-state index in [0.717, 1.165) is 5.56 Å². The van der Waals surface area contributed by atoms with E-state index in [2.05, 4.69) is 0 Å². The number of hydrogen-bond donors (Lipinski definition) is 0. The van der Waals surface area contributed by atoms with Gasteiger partial charge in [-0.15, -0.1) is 0 Å². The third kappa shape index (κ3) is 3.21. The van der Waals surface area contributed by atoms with Crippen molar-refractivity contribution in [3.63, 3.8) is 0 Å². The largest absolute Gasteiger partial charge is 0.341 e. The molecule has 1 unspecified atom stereocenters. The molecule has 3 rings (SSSR count). The molecule has 0 bridgehead atoms. The van der Waals surface area contributed by atoms with Gasteiger partial charge in [-0.3, -0.25) is 14.4 Å². The van der Waals surface area contributed by atoms with E-state index in [9.17, 15) is 14.4 Å². The quantitative estimate of drug-likeness (QED) is 0.797. The van der Waals surface area contributed by atoms with Crippen LogP contribution in [-0.2, 0) is 20.9 Å². The fourth-order valence-electron chi connectivity index (χ4n) is 3.28. The van der Waals surface area contributed by atoms with E-state index in [4.69, 9.17) is 0 Å². The number of hydrogen-bond acceptors (Lipinski definition) is 3. The summed E-state index contributed by atoms with van der Waals surface area (Å²) in [6.45, 7) is 3.55. The summed E-state index contributed by atoms with van der Waals surface area (Å²) < 4.78 is 0. The number of fused-ring (bicyclic) bond motifs is 1. The lowest BCUT2D eigenvalue weighted by Crippen LogP contribution is -2.59. The van der Waals surface area contributed by atoms with Crippen LogP contribution < -0.4 is 0 Å². The highest BCUT2D eigenvalue weighted by molar-refractivity contribution is 5.95. The van der Waals surface area contributed by atoms with E-state index in [1.54, 1.807) is 14.7 Å². The summed E-state index contributed by atoms with van der Waals surface area (Å²) in [7, 11) is 0. The van der Waals surface area contributed by atoms with Gasteiger partial charge in [0.1, 0.15) is 12.6 Å². The minimum absolute atomic E-state index is 0.00844. The normalized spacial score (nSPS) is 22.0. The molecule has 1 aromatic carbocycles. The zero-order valence-electron chi connectivity index (χ0n) is 13.3. The summed E-state index contributed by atoms with van der Waals surface area (Å²) >= 11 is 0. The molecule has 2 aliphatic rings. The van der Waals surface area contributed by atoms with Crippen LogP contribution in [0.2, 0.25) is 0 Å². The molecule has 2 aliphatic heterocycles. The number of piperazine rings is 1. The third-order valence-corrected chi connectivity index (χ3v) is 4.56. The van der Waals surface area contributed by atoms with Gasteiger partial charge >= 0.3 is 0 Å². The first-order valence-corrected chi connectivity index (χ1v) is 7.94. The number of benzene rings is 1. The van der Waals surface area contributed by atoms with Crippen LogP contribution in [0.3, 0.4) is 0 Å². The fraction of sp³-hybridized carbons (Fsp3) is 0.471. The number of carbonyl (C=O) groups is 3. The van der Waals surface area contributed by atoms with E-state index in [0.29, 0.717) is 32.6 Å². The van der Waals surface area contributed by atoms with Crippen LogP contribution in [0.4, 0.5) is 0 Å². The summed E-state index contributed by atoms with van der Waals surface area (Å²) in [5.41, 5.74) is 1.01. The molecule has 122 valence electrons. The molecule has 0 aromatic heterocycles. The topological polar surface area (TPSA) is 60.9 Å². The maximum absolute atomic E-state index is 12.8. The Morgan fingerprint density at radius 1 is 1.13 bits per heavy atom. The Bertz CT molecular complexity index is 617. The molecular formula is C17H21N3O3. The van der Waals surface area contributed by atoms with Gasteiger partial charge in [0.05, 0.1) is 0 Å². The smallest absolute Gasteiger partial charge is 0.246 e. The Labute approximate surface area is 135 Å². The number of amides is 3. The summed E-state index contributed by atoms with van der Waals surface area (Å²) in [4.78, 5) is 41.7. The Balaban J connectivity index is 1.75. The predicted octanol–water partition coefficient (Wildman–Crippen LogP) is 0.478. The fourth-order valence-corrected chi connectivity index (χ4v) is 3.28. The number of carbonyl (C=O) groups excluding carboxylic acids is 3. The van der Waals surface area contributed by atoms with Crippen LogP contribution in [0, 0.1) is 0 Å². The van der Waals surface area contributed by atoms with E-state index in [-0.39, 0.29) is 24.3 Å². The average Bonchev–Trinajstić information content (AvgIpc) is 2.77. The second-order valence-corrected chi connectivity index (χ2v) is 6.08. The predicted molar refractivity (Wildman–Crippen MR) is 84.2 cm³/mol. The van der Waals surface area contributed by atoms with Crippen molar-refractivity contribution in [3.05, 3.63) is 35.9 Å². The van der Waals surface area contributed by atoms with E-state index in [1.165, 1.54) is 6.92 Å². The molecule has 0 aliphatic carbocycles. The molecule has 6 nitrogen and oxygen atoms in total. The van der Waals surface area contributed by atoms with Crippen molar-refractivity contribution in [1.82, 2.24) is 14.7 Å². The van der Waals surface area contributed by atoms with Gasteiger partial charge in [-0.05, 0) is 12.0 Å². The Morgan fingerprint density at radius 2 is 1.87 bits per heavy atom. The first kappa shape index (κ1) is 15.5. The molecule has 0 spiro atoms. The van der Waals surface area contributed by atoms with E-state index < -0.39 is 6.04 Å². The lowest BCUT2D eigenvalue weighted by Gasteiger charge is -2.39. The van der Waals surface area contributed by atoms with Crippen molar-refractivity contribution in [3.8, 4) is 0 Å². The van der Waals surface area contributed by atoms with Crippen molar-refractivity contribution in [2.75, 3.05) is 26.2 Å². The average molecular weight is 315 g/mol. The van der Waals surface area contributed by atoms with Crippen LogP contribution >= 0.6 is 0 Å². The maximum atomic E-state index is 12.8. The van der Waals surface area contributed by atoms with Crippen molar-refractivity contribution >= 4 is 17.7 Å². The molecule has 2 fully saturated rings. The maximum Gasteiger partial charge on any atom is 0.246 e. The first-order valence-electron chi connectivity index (χ1n) is 7.94. The Hall–Kier alpha value is -2.37. The molecule has 0 N–H and O–H groups in total. The van der Waals surface area contributed by atoms with E-state index >= 15 is 0 Å². The molecule has 6 heteroatoms. The first-order chi connectivity index (χ1) is 11.1. The number of nitrogens with zero attached hydrogens (tertiary/aromatic N) is 3. The zero-order valence-corrected chi connectivity index (χ0v) is 13.3. The second kappa shape index (κ2) is 6.40. The molecule has 1 atom stereocenters. The standard InChI is InChI=1S/C17H21N3O3/c1-13(21)18-8-7-15-17(23)19(11-14-5-3-2-4-6-14)12-16(22)20(15)10-9-18/h2-6,15H,7-12H2,1H3. The highest BCUT2D eigenvalue weighted by atomic mass is 16.2. The molecule has 3 amide bonds. The van der Waals surface area contributed by atoms with Gasteiger partial charge in [0.25, 0.3) is 0 Å². The molecular weight excluding hydrogens is 294 g/mol. The van der Waals surface area contributed by atoms with Gasteiger partial charge < -0.3 is 14.7 Å². The Kier molecular flexibility index (Phi) is 4.32. The van der Waals surface area contributed by atoms with Crippen LogP contribution in [0.5, 0.6) is 0 Å². The summed E-state index contributed by atoms with van der Waals surface area (Å²) in [6, 6.07) is 9.24. The van der Waals surface area contributed by atoms with E-state index in [1.807, 2.05) is 30.3 Å². The van der Waals surface area contributed by atoms with Crippen molar-refractivity contribution in [2.24, 2.45) is 0 Å². The van der Waals surface area contributed by atoms with Crippen LogP contribution in [0.1, 0.15) is 18.9 Å². The van der Waals surface area contributed by atoms with Crippen molar-refractivity contribution < 1.29 is 14.4 Å². The van der Waals surface area contributed by atoms with Crippen molar-refractivity contribution in [2.45, 2.75) is 25.9 Å². The monoisotopic (exact) mass is 315 g/mol. The molecule has 0 saturated carbocycles. The van der Waals surface area contributed by atoms with Crippen LogP contribution in [0.15, 0.2) is 30.3 Å². The highest BCUT2D eigenvalue weighted by Crippen LogP contribution is 2.20. The zero-order chi connectivity index (χ0) is 16.4. The second-order valence-electron chi connectivity index (χ2n) is 6.08. The van der Waals surface area contributed by atoms with Crippen molar-refractivity contribution in [1.29, 1.82) is 0 Å². The molecule has 1 aromatic rings. The minimum Gasteiger partial charge on any atom is -0.341 e. The van der Waals surface area contributed by atoms with Gasteiger partial charge in [-0.2, -0.15) is 0 Å². The molecule has 2 heterocycles. The summed E-state index contributed by atoms with van der Waals surface area (Å²) in [5, 5.41) is 0. The van der Waals surface area contributed by atoms with Gasteiger partial charge in [-0.25, -0.2) is 0 Å². The lowest BCUT2D eigenvalue weighted by atomic mass is 10.1. The third-order valence-electron chi connectivity index (χ3n) is 4.56. The van der Waals surface area contributed by atoms with Gasteiger partial charge in [0.15, 0.2) is 0 Å². The van der Waals surface area contributed by atoms with Crippen LogP contribution in [-0.4, -0.2) is 64.6 Å². The van der Waals surface area contributed by atoms with Gasteiger partial charge in [0, 0.05) is 33.1 Å². The Morgan fingerprint density at radius 3 is 2.57 bits per heavy atom.